The van der Waals surface area contributed by atoms with Gasteiger partial charge in [-0.05, 0) is 62.7 Å². The lowest BCUT2D eigenvalue weighted by molar-refractivity contribution is -0.138. The lowest BCUT2D eigenvalue weighted by Gasteiger charge is -2.37. The van der Waals surface area contributed by atoms with Gasteiger partial charge in [0.25, 0.3) is 5.91 Å². The second kappa shape index (κ2) is 9.89. The van der Waals surface area contributed by atoms with Gasteiger partial charge in [0.05, 0.1) is 18.5 Å². The van der Waals surface area contributed by atoms with Crippen LogP contribution in [0, 0.1) is 13.8 Å². The van der Waals surface area contributed by atoms with Crippen molar-refractivity contribution < 1.29 is 14.3 Å². The molecule has 8 nitrogen and oxygen atoms in total. The number of aryl methyl sites for hydroxylation is 2. The Balaban J connectivity index is 1.28. The number of rotatable bonds is 6. The molecule has 8 heteroatoms. The standard InChI is InChI=1S/C28H31N5O3/c1-19-18-25(29-27-26(19)20(2)30-33(27)23-8-6-5-7-9-23)36-21(3)28(34)32-16-14-31(15-17-32)22-10-12-24(35-4)13-11-22/h5-13,18,21H,14-17H2,1-4H3/t21-/m1/s1. The van der Waals surface area contributed by atoms with E-state index in [1.165, 1.54) is 0 Å². The number of fused-ring (bicyclic) bond motifs is 1. The van der Waals surface area contributed by atoms with Crippen LogP contribution in [0.15, 0.2) is 60.7 Å². The molecule has 0 radical (unpaired) electrons. The lowest BCUT2D eigenvalue weighted by atomic mass is 10.1. The van der Waals surface area contributed by atoms with Crippen LogP contribution < -0.4 is 14.4 Å². The van der Waals surface area contributed by atoms with Crippen molar-refractivity contribution in [1.29, 1.82) is 0 Å². The van der Waals surface area contributed by atoms with E-state index in [9.17, 15) is 4.79 Å². The van der Waals surface area contributed by atoms with Crippen molar-refractivity contribution in [3.63, 3.8) is 0 Å². The smallest absolute Gasteiger partial charge is 0.263 e. The molecule has 0 aliphatic carbocycles. The van der Waals surface area contributed by atoms with Crippen molar-refractivity contribution in [2.24, 2.45) is 0 Å². The average Bonchev–Trinajstić information content (AvgIpc) is 3.25. The Kier molecular flexibility index (Phi) is 6.50. The molecule has 1 aliphatic heterocycles. The number of pyridine rings is 1. The van der Waals surface area contributed by atoms with Gasteiger partial charge >= 0.3 is 0 Å². The highest BCUT2D eigenvalue weighted by Gasteiger charge is 2.27. The Labute approximate surface area is 211 Å². The van der Waals surface area contributed by atoms with Gasteiger partial charge < -0.3 is 19.3 Å². The maximum Gasteiger partial charge on any atom is 0.263 e. The minimum absolute atomic E-state index is 0.0309. The van der Waals surface area contributed by atoms with Crippen molar-refractivity contribution >= 4 is 22.6 Å². The summed E-state index contributed by atoms with van der Waals surface area (Å²) in [6.07, 6.45) is -0.643. The second-order valence-electron chi connectivity index (χ2n) is 9.08. The molecular formula is C28H31N5O3. The van der Waals surface area contributed by atoms with Gasteiger partial charge in [0.1, 0.15) is 5.75 Å². The molecule has 3 heterocycles. The number of carbonyl (C=O) groups is 1. The summed E-state index contributed by atoms with van der Waals surface area (Å²) < 4.78 is 13.2. The first-order chi connectivity index (χ1) is 17.4. The quantitative estimate of drug-likeness (QED) is 0.408. The van der Waals surface area contributed by atoms with E-state index in [4.69, 9.17) is 19.6 Å². The molecule has 0 spiro atoms. The molecule has 0 N–H and O–H groups in total. The topological polar surface area (TPSA) is 72.7 Å². The first-order valence-corrected chi connectivity index (χ1v) is 12.2. The van der Waals surface area contributed by atoms with E-state index >= 15 is 0 Å². The number of aromatic nitrogens is 3. The number of para-hydroxylation sites is 1. The van der Waals surface area contributed by atoms with E-state index in [-0.39, 0.29) is 5.91 Å². The number of benzene rings is 2. The van der Waals surface area contributed by atoms with Gasteiger partial charge in [-0.2, -0.15) is 10.1 Å². The number of piperazine rings is 1. The van der Waals surface area contributed by atoms with Crippen LogP contribution >= 0.6 is 0 Å². The van der Waals surface area contributed by atoms with Crippen molar-refractivity contribution in [2.75, 3.05) is 38.2 Å². The highest BCUT2D eigenvalue weighted by Crippen LogP contribution is 2.27. The third-order valence-electron chi connectivity index (χ3n) is 6.66. The number of carbonyl (C=O) groups excluding carboxylic acids is 1. The van der Waals surface area contributed by atoms with Crippen LogP contribution in [0.3, 0.4) is 0 Å². The van der Waals surface area contributed by atoms with E-state index in [1.54, 1.807) is 14.0 Å². The van der Waals surface area contributed by atoms with E-state index in [2.05, 4.69) is 4.90 Å². The summed E-state index contributed by atoms with van der Waals surface area (Å²) in [5, 5.41) is 5.70. The van der Waals surface area contributed by atoms with Crippen LogP contribution in [0.5, 0.6) is 11.6 Å². The van der Waals surface area contributed by atoms with Gasteiger partial charge in [-0.1, -0.05) is 18.2 Å². The monoisotopic (exact) mass is 485 g/mol. The van der Waals surface area contributed by atoms with Gasteiger partial charge in [-0.3, -0.25) is 4.79 Å². The summed E-state index contributed by atoms with van der Waals surface area (Å²) in [6.45, 7) is 8.61. The van der Waals surface area contributed by atoms with Gasteiger partial charge in [-0.15, -0.1) is 0 Å². The molecule has 5 rings (SSSR count). The predicted molar refractivity (Wildman–Crippen MR) is 140 cm³/mol. The summed E-state index contributed by atoms with van der Waals surface area (Å²) >= 11 is 0. The highest BCUT2D eigenvalue weighted by molar-refractivity contribution is 5.84. The molecule has 36 heavy (non-hydrogen) atoms. The molecule has 0 unspecified atom stereocenters. The van der Waals surface area contributed by atoms with Gasteiger partial charge in [0, 0.05) is 43.3 Å². The van der Waals surface area contributed by atoms with Crippen molar-refractivity contribution in [3.8, 4) is 17.3 Å². The Bertz CT molecular complexity index is 1360. The molecule has 2 aromatic heterocycles. The number of methoxy groups -OCH3 is 1. The number of ether oxygens (including phenoxy) is 2. The molecule has 2 aromatic carbocycles. The molecule has 4 aromatic rings. The van der Waals surface area contributed by atoms with Crippen LogP contribution in [-0.2, 0) is 4.79 Å². The highest BCUT2D eigenvalue weighted by atomic mass is 16.5. The van der Waals surface area contributed by atoms with E-state index < -0.39 is 6.10 Å². The number of amides is 1. The third-order valence-corrected chi connectivity index (χ3v) is 6.66. The molecule has 186 valence electrons. The zero-order chi connectivity index (χ0) is 25.2. The average molecular weight is 486 g/mol. The van der Waals surface area contributed by atoms with Crippen LogP contribution in [0.4, 0.5) is 5.69 Å². The van der Waals surface area contributed by atoms with E-state index in [0.29, 0.717) is 19.0 Å². The van der Waals surface area contributed by atoms with Crippen molar-refractivity contribution in [2.45, 2.75) is 26.9 Å². The number of hydrogen-bond donors (Lipinski definition) is 0. The molecular weight excluding hydrogens is 454 g/mol. The van der Waals surface area contributed by atoms with Crippen LogP contribution in [0.2, 0.25) is 0 Å². The number of hydrogen-bond acceptors (Lipinski definition) is 6. The first kappa shape index (κ1) is 23.7. The maximum atomic E-state index is 13.2. The first-order valence-electron chi connectivity index (χ1n) is 12.2. The van der Waals surface area contributed by atoms with Gasteiger partial charge in [0.15, 0.2) is 11.8 Å². The fraction of sp³-hybridized carbons (Fsp3) is 0.321. The zero-order valence-corrected chi connectivity index (χ0v) is 21.1. The fourth-order valence-electron chi connectivity index (χ4n) is 4.75. The third kappa shape index (κ3) is 4.58. The van der Waals surface area contributed by atoms with Crippen molar-refractivity contribution in [1.82, 2.24) is 19.7 Å². The van der Waals surface area contributed by atoms with E-state index in [1.807, 2.05) is 84.1 Å². The lowest BCUT2D eigenvalue weighted by Crippen LogP contribution is -2.52. The van der Waals surface area contributed by atoms with Gasteiger partial charge in [0.2, 0.25) is 5.88 Å². The summed E-state index contributed by atoms with van der Waals surface area (Å²) in [5.74, 6) is 1.23. The van der Waals surface area contributed by atoms with E-state index in [0.717, 1.165) is 52.5 Å². The Morgan fingerprint density at radius 1 is 0.944 bits per heavy atom. The zero-order valence-electron chi connectivity index (χ0n) is 21.1. The summed E-state index contributed by atoms with van der Waals surface area (Å²) in [5.41, 5.74) is 4.71. The molecule has 1 aliphatic rings. The molecule has 1 saturated heterocycles. The minimum atomic E-state index is -0.643. The second-order valence-corrected chi connectivity index (χ2v) is 9.08. The van der Waals surface area contributed by atoms with Gasteiger partial charge in [-0.25, -0.2) is 4.68 Å². The van der Waals surface area contributed by atoms with Crippen LogP contribution in [-0.4, -0.2) is 65.0 Å². The SMILES string of the molecule is COc1ccc(N2CCN(C(=O)[C@@H](C)Oc3cc(C)c4c(C)nn(-c5ccccc5)c4n3)CC2)cc1. The molecule has 1 amide bonds. The fourth-order valence-corrected chi connectivity index (χ4v) is 4.75. The molecule has 1 atom stereocenters. The maximum absolute atomic E-state index is 13.2. The summed E-state index contributed by atoms with van der Waals surface area (Å²) in [4.78, 5) is 22.1. The normalized spacial score (nSPS) is 14.7. The number of nitrogens with zero attached hydrogens (tertiary/aromatic N) is 5. The Hall–Kier alpha value is -4.07. The summed E-state index contributed by atoms with van der Waals surface area (Å²) in [6, 6.07) is 19.8. The number of anilines is 1. The molecule has 0 saturated carbocycles. The molecule has 1 fully saturated rings. The predicted octanol–water partition coefficient (Wildman–Crippen LogP) is 4.16. The molecule has 0 bridgehead atoms. The minimum Gasteiger partial charge on any atom is -0.497 e. The van der Waals surface area contributed by atoms with Crippen molar-refractivity contribution in [3.05, 3.63) is 71.9 Å². The van der Waals surface area contributed by atoms with Crippen LogP contribution in [0.25, 0.3) is 16.7 Å². The largest absolute Gasteiger partial charge is 0.497 e. The Morgan fingerprint density at radius 3 is 2.31 bits per heavy atom. The Morgan fingerprint density at radius 2 is 1.64 bits per heavy atom. The summed E-state index contributed by atoms with van der Waals surface area (Å²) in [7, 11) is 1.66. The van der Waals surface area contributed by atoms with Crippen LogP contribution in [0.1, 0.15) is 18.2 Å².